The van der Waals surface area contributed by atoms with Crippen molar-refractivity contribution >= 4 is 11.6 Å². The number of aromatic nitrogens is 2. The molecule has 0 fully saturated rings. The standard InChI is InChI=1S/C11H12ClFN4/c1-17-6-15-5-10(17)11(16-14)8-3-2-7(12)4-9(8)13/h2-6,11,16H,14H2,1H3. The number of imidazole rings is 1. The van der Waals surface area contributed by atoms with Crippen molar-refractivity contribution in [3.8, 4) is 0 Å². The first-order valence-corrected chi connectivity index (χ1v) is 5.38. The van der Waals surface area contributed by atoms with Crippen molar-refractivity contribution in [3.05, 3.63) is 52.8 Å². The fraction of sp³-hybridized carbons (Fsp3) is 0.182. The normalized spacial score (nSPS) is 12.7. The van der Waals surface area contributed by atoms with Gasteiger partial charge in [0.2, 0.25) is 0 Å². The number of benzene rings is 1. The molecule has 4 nitrogen and oxygen atoms in total. The maximum absolute atomic E-state index is 13.8. The molecular weight excluding hydrogens is 243 g/mol. The Morgan fingerprint density at radius 1 is 1.53 bits per heavy atom. The van der Waals surface area contributed by atoms with Gasteiger partial charge in [-0.1, -0.05) is 17.7 Å². The molecule has 0 aliphatic rings. The highest BCUT2D eigenvalue weighted by molar-refractivity contribution is 6.30. The summed E-state index contributed by atoms with van der Waals surface area (Å²) >= 11 is 5.71. The predicted octanol–water partition coefficient (Wildman–Crippen LogP) is 1.77. The molecule has 1 aromatic carbocycles. The van der Waals surface area contributed by atoms with Crippen LogP contribution >= 0.6 is 11.6 Å². The van der Waals surface area contributed by atoms with Crippen molar-refractivity contribution in [2.24, 2.45) is 12.9 Å². The Labute approximate surface area is 103 Å². The van der Waals surface area contributed by atoms with Crippen LogP contribution in [-0.4, -0.2) is 9.55 Å². The van der Waals surface area contributed by atoms with Gasteiger partial charge in [-0.3, -0.25) is 5.84 Å². The smallest absolute Gasteiger partial charge is 0.129 e. The van der Waals surface area contributed by atoms with Crippen LogP contribution in [0.15, 0.2) is 30.7 Å². The van der Waals surface area contributed by atoms with Crippen molar-refractivity contribution in [3.63, 3.8) is 0 Å². The zero-order chi connectivity index (χ0) is 12.4. The lowest BCUT2D eigenvalue weighted by Crippen LogP contribution is -2.30. The second kappa shape index (κ2) is 4.83. The Hall–Kier alpha value is -1.43. The van der Waals surface area contributed by atoms with Gasteiger partial charge >= 0.3 is 0 Å². The van der Waals surface area contributed by atoms with Crippen LogP contribution < -0.4 is 11.3 Å². The number of aryl methyl sites for hydroxylation is 1. The highest BCUT2D eigenvalue weighted by Gasteiger charge is 2.19. The van der Waals surface area contributed by atoms with Gasteiger partial charge in [-0.05, 0) is 12.1 Å². The molecule has 0 bridgehead atoms. The molecular formula is C11H12ClFN4. The van der Waals surface area contributed by atoms with E-state index in [1.165, 1.54) is 6.07 Å². The van der Waals surface area contributed by atoms with Gasteiger partial charge in [0.25, 0.3) is 0 Å². The third-order valence-electron chi connectivity index (χ3n) is 2.59. The third kappa shape index (κ3) is 2.31. The summed E-state index contributed by atoms with van der Waals surface area (Å²) in [5.74, 6) is 5.08. The molecule has 17 heavy (non-hydrogen) atoms. The molecule has 0 saturated heterocycles. The zero-order valence-corrected chi connectivity index (χ0v) is 9.95. The second-order valence-electron chi connectivity index (χ2n) is 3.69. The van der Waals surface area contributed by atoms with Gasteiger partial charge in [-0.15, -0.1) is 0 Å². The third-order valence-corrected chi connectivity index (χ3v) is 2.82. The van der Waals surface area contributed by atoms with E-state index in [-0.39, 0.29) is 0 Å². The number of hydrogen-bond donors (Lipinski definition) is 2. The van der Waals surface area contributed by atoms with Crippen molar-refractivity contribution in [2.75, 3.05) is 0 Å². The Kier molecular flexibility index (Phi) is 3.42. The van der Waals surface area contributed by atoms with Crippen LogP contribution in [0.3, 0.4) is 0 Å². The number of nitrogens with one attached hydrogen (secondary N) is 1. The highest BCUT2D eigenvalue weighted by Crippen LogP contribution is 2.25. The average molecular weight is 255 g/mol. The van der Waals surface area contributed by atoms with Crippen LogP contribution in [-0.2, 0) is 7.05 Å². The fourth-order valence-corrected chi connectivity index (χ4v) is 1.87. The Morgan fingerprint density at radius 3 is 2.82 bits per heavy atom. The predicted molar refractivity (Wildman–Crippen MR) is 63.8 cm³/mol. The summed E-state index contributed by atoms with van der Waals surface area (Å²) in [5, 5.41) is 0.354. The monoisotopic (exact) mass is 254 g/mol. The summed E-state index contributed by atoms with van der Waals surface area (Å²) in [6.07, 6.45) is 3.27. The molecule has 2 rings (SSSR count). The van der Waals surface area contributed by atoms with Gasteiger partial charge in [0.05, 0.1) is 24.3 Å². The minimum atomic E-state index is -0.459. The van der Waals surface area contributed by atoms with E-state index in [2.05, 4.69) is 10.4 Å². The number of nitrogens with zero attached hydrogens (tertiary/aromatic N) is 2. The van der Waals surface area contributed by atoms with E-state index < -0.39 is 11.9 Å². The average Bonchev–Trinajstić information content (AvgIpc) is 2.69. The number of nitrogens with two attached hydrogens (primary N) is 1. The SMILES string of the molecule is Cn1cncc1C(NN)c1ccc(Cl)cc1F. The van der Waals surface area contributed by atoms with E-state index in [1.54, 1.807) is 29.2 Å². The molecule has 0 saturated carbocycles. The summed E-state index contributed by atoms with van der Waals surface area (Å²) in [6, 6.07) is 4.03. The molecule has 0 aliphatic carbocycles. The van der Waals surface area contributed by atoms with Gasteiger partial charge in [-0.2, -0.15) is 0 Å². The van der Waals surface area contributed by atoms with Crippen molar-refractivity contribution < 1.29 is 4.39 Å². The molecule has 0 aliphatic heterocycles. The Bertz CT molecular complexity index is 526. The van der Waals surface area contributed by atoms with E-state index in [4.69, 9.17) is 17.4 Å². The molecule has 90 valence electrons. The molecule has 2 aromatic rings. The van der Waals surface area contributed by atoms with Gasteiger partial charge in [0.1, 0.15) is 5.82 Å². The van der Waals surface area contributed by atoms with Gasteiger partial charge in [0, 0.05) is 17.6 Å². The largest absolute Gasteiger partial charge is 0.336 e. The molecule has 6 heteroatoms. The molecule has 1 atom stereocenters. The van der Waals surface area contributed by atoms with Crippen molar-refractivity contribution in [2.45, 2.75) is 6.04 Å². The van der Waals surface area contributed by atoms with E-state index in [1.807, 2.05) is 7.05 Å². The molecule has 1 aromatic heterocycles. The van der Waals surface area contributed by atoms with Crippen LogP contribution in [0.4, 0.5) is 4.39 Å². The van der Waals surface area contributed by atoms with Crippen LogP contribution in [0.2, 0.25) is 5.02 Å². The molecule has 0 radical (unpaired) electrons. The Balaban J connectivity index is 2.46. The first-order chi connectivity index (χ1) is 8.13. The maximum Gasteiger partial charge on any atom is 0.129 e. The number of hydrogen-bond acceptors (Lipinski definition) is 3. The van der Waals surface area contributed by atoms with Crippen molar-refractivity contribution in [1.29, 1.82) is 0 Å². The van der Waals surface area contributed by atoms with Crippen LogP contribution in [0.1, 0.15) is 17.3 Å². The minimum absolute atomic E-state index is 0.354. The lowest BCUT2D eigenvalue weighted by Gasteiger charge is -2.17. The van der Waals surface area contributed by atoms with E-state index in [0.717, 1.165) is 5.69 Å². The zero-order valence-electron chi connectivity index (χ0n) is 9.19. The molecule has 1 unspecified atom stereocenters. The van der Waals surface area contributed by atoms with E-state index in [0.29, 0.717) is 10.6 Å². The fourth-order valence-electron chi connectivity index (χ4n) is 1.72. The van der Waals surface area contributed by atoms with Crippen LogP contribution in [0, 0.1) is 5.82 Å². The first kappa shape index (κ1) is 12.0. The van der Waals surface area contributed by atoms with E-state index in [9.17, 15) is 4.39 Å². The lowest BCUT2D eigenvalue weighted by molar-refractivity contribution is 0.543. The number of halogens is 2. The van der Waals surface area contributed by atoms with Gasteiger partial charge < -0.3 is 4.57 Å². The van der Waals surface area contributed by atoms with Crippen molar-refractivity contribution in [1.82, 2.24) is 15.0 Å². The minimum Gasteiger partial charge on any atom is -0.336 e. The van der Waals surface area contributed by atoms with Gasteiger partial charge in [-0.25, -0.2) is 14.8 Å². The van der Waals surface area contributed by atoms with E-state index >= 15 is 0 Å². The highest BCUT2D eigenvalue weighted by atomic mass is 35.5. The lowest BCUT2D eigenvalue weighted by atomic mass is 10.0. The Morgan fingerprint density at radius 2 is 2.29 bits per heavy atom. The maximum atomic E-state index is 13.8. The summed E-state index contributed by atoms with van der Waals surface area (Å²) < 4.78 is 15.6. The van der Waals surface area contributed by atoms with Crippen LogP contribution in [0.5, 0.6) is 0 Å². The molecule has 0 spiro atoms. The summed E-state index contributed by atoms with van der Waals surface area (Å²) in [7, 11) is 1.82. The van der Waals surface area contributed by atoms with Gasteiger partial charge in [0.15, 0.2) is 0 Å². The summed E-state index contributed by atoms with van der Waals surface area (Å²) in [4.78, 5) is 3.98. The quantitative estimate of drug-likeness (QED) is 0.648. The second-order valence-corrected chi connectivity index (χ2v) is 4.13. The first-order valence-electron chi connectivity index (χ1n) is 5.00. The molecule has 0 amide bonds. The topological polar surface area (TPSA) is 55.9 Å². The molecule has 3 N–H and O–H groups in total. The molecule has 1 heterocycles. The van der Waals surface area contributed by atoms with Crippen LogP contribution in [0.25, 0.3) is 0 Å². The summed E-state index contributed by atoms with van der Waals surface area (Å²) in [6.45, 7) is 0. The summed E-state index contributed by atoms with van der Waals surface area (Å²) in [5.41, 5.74) is 3.78. The number of rotatable bonds is 3. The number of hydrazine groups is 1.